The Hall–Kier alpha value is -2.63. The molecule has 33 heavy (non-hydrogen) atoms. The van der Waals surface area contributed by atoms with E-state index in [1.165, 1.54) is 0 Å². The molecule has 0 atom stereocenters. The summed E-state index contributed by atoms with van der Waals surface area (Å²) in [5, 5.41) is 0.585. The van der Waals surface area contributed by atoms with Gasteiger partial charge in [-0.25, -0.2) is 0 Å². The molecule has 0 unspecified atom stereocenters. The normalized spacial score (nSPS) is 10.6. The minimum Gasteiger partial charge on any atom is -0.493 e. The molecule has 0 aliphatic carbocycles. The van der Waals surface area contributed by atoms with Crippen molar-refractivity contribution in [1.82, 2.24) is 0 Å². The van der Waals surface area contributed by atoms with Gasteiger partial charge >= 0.3 is 5.97 Å². The van der Waals surface area contributed by atoms with E-state index in [4.69, 9.17) is 25.8 Å². The minimum atomic E-state index is -0.272. The van der Waals surface area contributed by atoms with Crippen LogP contribution < -0.4 is 14.2 Å². The largest absolute Gasteiger partial charge is 0.493 e. The summed E-state index contributed by atoms with van der Waals surface area (Å²) in [6, 6.07) is 21.1. The quantitative estimate of drug-likeness (QED) is 0.113. The molecule has 0 N–H and O–H groups in total. The highest BCUT2D eigenvalue weighted by molar-refractivity contribution is 7.99. The van der Waals surface area contributed by atoms with E-state index in [1.807, 2.05) is 48.5 Å². The van der Waals surface area contributed by atoms with Crippen molar-refractivity contribution in [2.24, 2.45) is 0 Å². The molecule has 0 aliphatic heterocycles. The molecule has 0 saturated carbocycles. The van der Waals surface area contributed by atoms with E-state index >= 15 is 0 Å². The van der Waals surface area contributed by atoms with Crippen LogP contribution in [0.4, 0.5) is 0 Å². The van der Waals surface area contributed by atoms with Gasteiger partial charge in [-0.05, 0) is 60.9 Å². The molecule has 174 valence electrons. The maximum absolute atomic E-state index is 11.4. The number of benzene rings is 3. The lowest BCUT2D eigenvalue weighted by Crippen LogP contribution is -2.05. The van der Waals surface area contributed by atoms with Crippen LogP contribution in [0.1, 0.15) is 38.7 Å². The van der Waals surface area contributed by atoms with Crippen molar-refractivity contribution in [3.8, 4) is 23.0 Å². The number of hydrogen-bond acceptors (Lipinski definition) is 5. The molecule has 4 nitrogen and oxygen atoms in total. The van der Waals surface area contributed by atoms with Crippen LogP contribution in [0.5, 0.6) is 23.0 Å². The number of carbonyl (C=O) groups excluding carboxylic acids is 1. The minimum absolute atomic E-state index is 0.272. The third-order valence-electron chi connectivity index (χ3n) is 4.76. The second-order valence-electron chi connectivity index (χ2n) is 7.40. The molecule has 3 aromatic rings. The van der Waals surface area contributed by atoms with E-state index < -0.39 is 0 Å². The molecule has 0 saturated heterocycles. The Balaban J connectivity index is 1.49. The molecule has 0 heterocycles. The Morgan fingerprint density at radius 3 is 2.45 bits per heavy atom. The molecule has 3 rings (SSSR count). The van der Waals surface area contributed by atoms with Gasteiger partial charge in [0.2, 0.25) is 0 Å². The highest BCUT2D eigenvalue weighted by Crippen LogP contribution is 2.32. The van der Waals surface area contributed by atoms with Gasteiger partial charge in [-0.3, -0.25) is 4.79 Å². The van der Waals surface area contributed by atoms with Crippen molar-refractivity contribution in [3.63, 3.8) is 0 Å². The molecule has 0 amide bonds. The van der Waals surface area contributed by atoms with Crippen molar-refractivity contribution in [2.75, 3.05) is 12.4 Å². The summed E-state index contributed by atoms with van der Waals surface area (Å²) < 4.78 is 17.2. The summed E-state index contributed by atoms with van der Waals surface area (Å²) in [6.45, 7) is 4.53. The van der Waals surface area contributed by atoms with E-state index in [1.54, 1.807) is 30.8 Å². The summed E-state index contributed by atoms with van der Waals surface area (Å²) in [5.74, 6) is 3.61. The third-order valence-corrected chi connectivity index (χ3v) is 6.34. The Morgan fingerprint density at radius 1 is 0.939 bits per heavy atom. The SMILES string of the molecule is CCCc1cc(Oc2ccccc2)ccc1OCCCSc1ccc(OC(=O)CC)cc1Cl. The van der Waals surface area contributed by atoms with E-state index in [-0.39, 0.29) is 5.97 Å². The van der Waals surface area contributed by atoms with Gasteiger partial charge in [-0.1, -0.05) is 50.1 Å². The maximum Gasteiger partial charge on any atom is 0.310 e. The third kappa shape index (κ3) is 8.02. The van der Waals surface area contributed by atoms with E-state index in [2.05, 4.69) is 13.0 Å². The highest BCUT2D eigenvalue weighted by atomic mass is 35.5. The van der Waals surface area contributed by atoms with Gasteiger partial charge in [0.1, 0.15) is 23.0 Å². The number of halogens is 1. The van der Waals surface area contributed by atoms with E-state index in [0.29, 0.717) is 23.8 Å². The van der Waals surface area contributed by atoms with Gasteiger partial charge in [0.15, 0.2) is 0 Å². The van der Waals surface area contributed by atoms with Gasteiger partial charge in [0.05, 0.1) is 11.6 Å². The van der Waals surface area contributed by atoms with Gasteiger partial charge in [-0.2, -0.15) is 0 Å². The van der Waals surface area contributed by atoms with Crippen LogP contribution in [0, 0.1) is 0 Å². The van der Waals surface area contributed by atoms with Gasteiger partial charge in [0, 0.05) is 23.1 Å². The molecule has 0 fully saturated rings. The first-order valence-corrected chi connectivity index (χ1v) is 12.6. The number of ether oxygens (including phenoxy) is 3. The fourth-order valence-corrected chi connectivity index (χ4v) is 4.32. The van der Waals surface area contributed by atoms with Gasteiger partial charge in [0.25, 0.3) is 0 Å². The lowest BCUT2D eigenvalue weighted by Gasteiger charge is -2.14. The second kappa shape index (κ2) is 13.2. The lowest BCUT2D eigenvalue weighted by atomic mass is 10.1. The average Bonchev–Trinajstić information content (AvgIpc) is 2.82. The number of esters is 1. The first-order valence-electron chi connectivity index (χ1n) is 11.2. The Bertz CT molecular complexity index is 1040. The van der Waals surface area contributed by atoms with Gasteiger partial charge < -0.3 is 14.2 Å². The van der Waals surface area contributed by atoms with Crippen molar-refractivity contribution >= 4 is 29.3 Å². The number of rotatable bonds is 12. The standard InChI is InChI=1S/C27H29ClO4S/c1-3-9-20-18-22(31-21-10-6-5-7-11-21)12-14-25(20)30-16-8-17-33-26-15-13-23(19-24(26)28)32-27(29)4-2/h5-7,10-15,18-19H,3-4,8-9,16-17H2,1-2H3. The van der Waals surface area contributed by atoms with Crippen LogP contribution in [-0.2, 0) is 11.2 Å². The van der Waals surface area contributed by atoms with E-state index in [9.17, 15) is 4.79 Å². The molecule has 6 heteroatoms. The fraction of sp³-hybridized carbons (Fsp3) is 0.296. The van der Waals surface area contributed by atoms with Crippen molar-refractivity contribution in [3.05, 3.63) is 77.3 Å². The monoisotopic (exact) mass is 484 g/mol. The number of aryl methyl sites for hydroxylation is 1. The molecule has 0 bridgehead atoms. The number of carbonyl (C=O) groups is 1. The predicted molar refractivity (Wildman–Crippen MR) is 135 cm³/mol. The highest BCUT2D eigenvalue weighted by Gasteiger charge is 2.09. The lowest BCUT2D eigenvalue weighted by molar-refractivity contribution is -0.134. The van der Waals surface area contributed by atoms with Crippen molar-refractivity contribution < 1.29 is 19.0 Å². The molecule has 0 radical (unpaired) electrons. The van der Waals surface area contributed by atoms with Crippen LogP contribution in [0.3, 0.4) is 0 Å². The zero-order chi connectivity index (χ0) is 23.5. The van der Waals surface area contributed by atoms with Gasteiger partial charge in [-0.15, -0.1) is 11.8 Å². The number of hydrogen-bond donors (Lipinski definition) is 0. The Labute approximate surface area is 205 Å². The van der Waals surface area contributed by atoms with Crippen LogP contribution >= 0.6 is 23.4 Å². The smallest absolute Gasteiger partial charge is 0.310 e. The number of thioether (sulfide) groups is 1. The summed E-state index contributed by atoms with van der Waals surface area (Å²) in [6.07, 6.45) is 3.17. The summed E-state index contributed by atoms with van der Waals surface area (Å²) in [7, 11) is 0. The predicted octanol–water partition coefficient (Wildman–Crippen LogP) is 7.96. The van der Waals surface area contributed by atoms with Crippen LogP contribution in [0.15, 0.2) is 71.6 Å². The van der Waals surface area contributed by atoms with Crippen LogP contribution in [0.25, 0.3) is 0 Å². The zero-order valence-corrected chi connectivity index (χ0v) is 20.6. The summed E-state index contributed by atoms with van der Waals surface area (Å²) in [5.41, 5.74) is 1.15. The van der Waals surface area contributed by atoms with Crippen molar-refractivity contribution in [2.45, 2.75) is 44.4 Å². The number of para-hydroxylation sites is 1. The second-order valence-corrected chi connectivity index (χ2v) is 8.95. The Kier molecular flexibility index (Phi) is 9.98. The van der Waals surface area contributed by atoms with Crippen LogP contribution in [-0.4, -0.2) is 18.3 Å². The molecule has 0 aromatic heterocycles. The summed E-state index contributed by atoms with van der Waals surface area (Å²) in [4.78, 5) is 12.4. The first-order chi connectivity index (χ1) is 16.1. The fourth-order valence-electron chi connectivity index (χ4n) is 3.14. The topological polar surface area (TPSA) is 44.8 Å². The van der Waals surface area contributed by atoms with Crippen molar-refractivity contribution in [1.29, 1.82) is 0 Å². The molecule has 0 aliphatic rings. The Morgan fingerprint density at radius 2 is 1.73 bits per heavy atom. The average molecular weight is 485 g/mol. The van der Waals surface area contributed by atoms with Crippen LogP contribution in [0.2, 0.25) is 5.02 Å². The maximum atomic E-state index is 11.4. The molecule has 3 aromatic carbocycles. The molecule has 0 spiro atoms. The summed E-state index contributed by atoms with van der Waals surface area (Å²) >= 11 is 8.00. The zero-order valence-electron chi connectivity index (χ0n) is 19.0. The molecular weight excluding hydrogens is 456 g/mol. The molecular formula is C27H29ClO4S. The van der Waals surface area contributed by atoms with E-state index in [0.717, 1.165) is 52.7 Å². The first kappa shape index (κ1) is 25.0.